The van der Waals surface area contributed by atoms with Gasteiger partial charge >= 0.3 is 0 Å². The standard InChI is InChI=1S/C21H27N5O2/c1-5-6-13(2)24-20-19-18(25-21(22)26-20)15(9-10-23-19)11-14-7-8-16(27-3)12-17(14)28-4/h7-10,12-13H,5-6,11H2,1-4H3,(H3,22,24,25,26)/t13-/m0/s1. The molecule has 0 spiro atoms. The largest absolute Gasteiger partial charge is 0.497 e. The minimum Gasteiger partial charge on any atom is -0.497 e. The van der Waals surface area contributed by atoms with Gasteiger partial charge in [0.05, 0.1) is 14.2 Å². The predicted molar refractivity (Wildman–Crippen MR) is 112 cm³/mol. The highest BCUT2D eigenvalue weighted by atomic mass is 16.5. The van der Waals surface area contributed by atoms with Crippen LogP contribution in [0.1, 0.15) is 37.8 Å². The van der Waals surface area contributed by atoms with Crippen LogP contribution in [-0.2, 0) is 6.42 Å². The molecule has 148 valence electrons. The molecule has 1 aromatic carbocycles. The van der Waals surface area contributed by atoms with E-state index in [2.05, 4.69) is 34.1 Å². The number of hydrogen-bond acceptors (Lipinski definition) is 7. The molecule has 1 atom stereocenters. The molecule has 3 N–H and O–H groups in total. The molecule has 0 aliphatic carbocycles. The fraction of sp³-hybridized carbons (Fsp3) is 0.381. The van der Waals surface area contributed by atoms with Gasteiger partial charge in [-0.15, -0.1) is 0 Å². The number of hydrogen-bond donors (Lipinski definition) is 2. The van der Waals surface area contributed by atoms with Crippen LogP contribution in [0.3, 0.4) is 0 Å². The highest BCUT2D eigenvalue weighted by Crippen LogP contribution is 2.29. The molecule has 0 unspecified atom stereocenters. The first-order chi connectivity index (χ1) is 13.5. The van der Waals surface area contributed by atoms with E-state index in [0.717, 1.165) is 46.5 Å². The number of nitrogen functional groups attached to an aromatic ring is 1. The number of benzene rings is 1. The van der Waals surface area contributed by atoms with Crippen molar-refractivity contribution >= 4 is 22.8 Å². The molecule has 28 heavy (non-hydrogen) atoms. The van der Waals surface area contributed by atoms with Gasteiger partial charge in [-0.05, 0) is 36.6 Å². The van der Waals surface area contributed by atoms with E-state index in [-0.39, 0.29) is 12.0 Å². The third-order valence-electron chi connectivity index (χ3n) is 4.66. The smallest absolute Gasteiger partial charge is 0.222 e. The van der Waals surface area contributed by atoms with Gasteiger partial charge in [-0.2, -0.15) is 4.98 Å². The Morgan fingerprint density at radius 2 is 1.89 bits per heavy atom. The Hall–Kier alpha value is -3.09. The van der Waals surface area contributed by atoms with Crippen molar-refractivity contribution in [3.63, 3.8) is 0 Å². The molecule has 0 radical (unpaired) electrons. The number of aromatic nitrogens is 3. The summed E-state index contributed by atoms with van der Waals surface area (Å²) < 4.78 is 10.8. The second-order valence-corrected chi connectivity index (χ2v) is 6.79. The lowest BCUT2D eigenvalue weighted by Gasteiger charge is -2.16. The van der Waals surface area contributed by atoms with Gasteiger partial charge in [0.25, 0.3) is 0 Å². The summed E-state index contributed by atoms with van der Waals surface area (Å²) >= 11 is 0. The van der Waals surface area contributed by atoms with Crippen LogP contribution in [-0.4, -0.2) is 35.2 Å². The van der Waals surface area contributed by atoms with E-state index in [0.29, 0.717) is 12.2 Å². The number of anilines is 2. The Kier molecular flexibility index (Phi) is 6.13. The van der Waals surface area contributed by atoms with E-state index < -0.39 is 0 Å². The van der Waals surface area contributed by atoms with Gasteiger partial charge in [0.1, 0.15) is 22.5 Å². The highest BCUT2D eigenvalue weighted by Gasteiger charge is 2.15. The molecule has 0 bridgehead atoms. The van der Waals surface area contributed by atoms with Gasteiger partial charge in [0, 0.05) is 24.7 Å². The lowest BCUT2D eigenvalue weighted by molar-refractivity contribution is 0.391. The summed E-state index contributed by atoms with van der Waals surface area (Å²) in [6.45, 7) is 4.28. The zero-order valence-corrected chi connectivity index (χ0v) is 16.8. The van der Waals surface area contributed by atoms with Gasteiger partial charge in [-0.3, -0.25) is 4.98 Å². The SMILES string of the molecule is CCC[C@H](C)Nc1nc(N)nc2c(Cc3ccc(OC)cc3OC)ccnc12. The summed E-state index contributed by atoms with van der Waals surface area (Å²) in [5, 5.41) is 3.42. The first-order valence-electron chi connectivity index (χ1n) is 9.44. The lowest BCUT2D eigenvalue weighted by atomic mass is 10.0. The maximum atomic E-state index is 6.00. The Morgan fingerprint density at radius 3 is 2.61 bits per heavy atom. The first-order valence-corrected chi connectivity index (χ1v) is 9.44. The maximum absolute atomic E-state index is 6.00. The van der Waals surface area contributed by atoms with Gasteiger partial charge in [0.2, 0.25) is 5.95 Å². The Bertz CT molecular complexity index is 961. The minimum atomic E-state index is 0.231. The van der Waals surface area contributed by atoms with Crippen LogP contribution < -0.4 is 20.5 Å². The van der Waals surface area contributed by atoms with Crippen molar-refractivity contribution in [1.82, 2.24) is 15.0 Å². The third kappa shape index (κ3) is 4.24. The van der Waals surface area contributed by atoms with E-state index in [4.69, 9.17) is 15.2 Å². The second kappa shape index (κ2) is 8.73. The van der Waals surface area contributed by atoms with Crippen molar-refractivity contribution in [3.05, 3.63) is 41.6 Å². The predicted octanol–water partition coefficient (Wildman–Crippen LogP) is 3.82. The third-order valence-corrected chi connectivity index (χ3v) is 4.66. The summed E-state index contributed by atoms with van der Waals surface area (Å²) in [5.74, 6) is 2.42. The van der Waals surface area contributed by atoms with Crippen molar-refractivity contribution in [2.75, 3.05) is 25.3 Å². The molecule has 7 heteroatoms. The summed E-state index contributed by atoms with van der Waals surface area (Å²) in [6.07, 6.45) is 4.53. The second-order valence-electron chi connectivity index (χ2n) is 6.79. The number of nitrogens with two attached hydrogens (primary N) is 1. The van der Waals surface area contributed by atoms with E-state index in [1.165, 1.54) is 0 Å². The maximum Gasteiger partial charge on any atom is 0.222 e. The van der Waals surface area contributed by atoms with Crippen LogP contribution in [0, 0.1) is 0 Å². The van der Waals surface area contributed by atoms with Gasteiger partial charge < -0.3 is 20.5 Å². The zero-order valence-electron chi connectivity index (χ0n) is 16.8. The number of methoxy groups -OCH3 is 2. The van der Waals surface area contributed by atoms with Crippen molar-refractivity contribution in [3.8, 4) is 11.5 Å². The molecular weight excluding hydrogens is 354 g/mol. The fourth-order valence-corrected chi connectivity index (χ4v) is 3.28. The average molecular weight is 381 g/mol. The molecule has 3 aromatic rings. The van der Waals surface area contributed by atoms with Crippen LogP contribution in [0.4, 0.5) is 11.8 Å². The molecule has 0 fully saturated rings. The van der Waals surface area contributed by atoms with Gasteiger partial charge in [-0.1, -0.05) is 19.4 Å². The number of fused-ring (bicyclic) bond motifs is 1. The Balaban J connectivity index is 2.02. The highest BCUT2D eigenvalue weighted by molar-refractivity contribution is 5.88. The topological polar surface area (TPSA) is 95.2 Å². The number of pyridine rings is 1. The van der Waals surface area contributed by atoms with Crippen LogP contribution >= 0.6 is 0 Å². The molecule has 7 nitrogen and oxygen atoms in total. The molecular formula is C21H27N5O2. The van der Waals surface area contributed by atoms with E-state index in [1.54, 1.807) is 20.4 Å². The summed E-state index contributed by atoms with van der Waals surface area (Å²) in [5.41, 5.74) is 9.51. The molecule has 3 rings (SSSR count). The van der Waals surface area contributed by atoms with Crippen LogP contribution in [0.25, 0.3) is 11.0 Å². The summed E-state index contributed by atoms with van der Waals surface area (Å²) in [6, 6.07) is 8.02. The van der Waals surface area contributed by atoms with Gasteiger partial charge in [0.15, 0.2) is 5.82 Å². The number of ether oxygens (including phenoxy) is 2. The molecule has 0 amide bonds. The number of nitrogens with one attached hydrogen (secondary N) is 1. The minimum absolute atomic E-state index is 0.231. The average Bonchev–Trinajstić information content (AvgIpc) is 2.69. The van der Waals surface area contributed by atoms with Crippen LogP contribution in [0.2, 0.25) is 0 Å². The molecule has 0 aliphatic heterocycles. The Labute approximate surface area is 165 Å². The molecule has 0 aliphatic rings. The number of nitrogens with zero attached hydrogens (tertiary/aromatic N) is 3. The van der Waals surface area contributed by atoms with E-state index in [1.807, 2.05) is 24.3 Å². The van der Waals surface area contributed by atoms with Crippen LogP contribution in [0.5, 0.6) is 11.5 Å². The Morgan fingerprint density at radius 1 is 1.07 bits per heavy atom. The lowest BCUT2D eigenvalue weighted by Crippen LogP contribution is -2.17. The molecule has 0 saturated heterocycles. The van der Waals surface area contributed by atoms with Crippen molar-refractivity contribution in [1.29, 1.82) is 0 Å². The van der Waals surface area contributed by atoms with Crippen molar-refractivity contribution in [2.24, 2.45) is 0 Å². The first kappa shape index (κ1) is 19.7. The summed E-state index contributed by atoms with van der Waals surface area (Å²) in [4.78, 5) is 13.4. The van der Waals surface area contributed by atoms with Gasteiger partial charge in [-0.25, -0.2) is 4.98 Å². The van der Waals surface area contributed by atoms with Crippen molar-refractivity contribution in [2.45, 2.75) is 39.2 Å². The molecule has 0 saturated carbocycles. The number of rotatable bonds is 8. The quantitative estimate of drug-likeness (QED) is 0.612. The normalized spacial score (nSPS) is 12.0. The molecule has 2 heterocycles. The molecule has 2 aromatic heterocycles. The monoisotopic (exact) mass is 381 g/mol. The van der Waals surface area contributed by atoms with E-state index >= 15 is 0 Å². The van der Waals surface area contributed by atoms with E-state index in [9.17, 15) is 0 Å². The van der Waals surface area contributed by atoms with Crippen molar-refractivity contribution < 1.29 is 9.47 Å². The van der Waals surface area contributed by atoms with Crippen LogP contribution in [0.15, 0.2) is 30.5 Å². The zero-order chi connectivity index (χ0) is 20.1. The fourth-order valence-electron chi connectivity index (χ4n) is 3.28. The summed E-state index contributed by atoms with van der Waals surface area (Å²) in [7, 11) is 3.29.